The van der Waals surface area contributed by atoms with Crippen molar-refractivity contribution in [3.63, 3.8) is 0 Å². The number of rotatable bonds is 5. The molecule has 0 aromatic heterocycles. The zero-order chi connectivity index (χ0) is 15.5. The molecule has 0 saturated carbocycles. The topological polar surface area (TPSA) is 76.7 Å². The zero-order valence-corrected chi connectivity index (χ0v) is 12.5. The minimum absolute atomic E-state index is 0.187. The van der Waals surface area contributed by atoms with Crippen LogP contribution in [0.15, 0.2) is 18.2 Å². The van der Waals surface area contributed by atoms with E-state index >= 15 is 0 Å². The summed E-state index contributed by atoms with van der Waals surface area (Å²) in [5.74, 6) is 0.149. The predicted molar refractivity (Wildman–Crippen MR) is 78.6 cm³/mol. The molecule has 0 spiro atoms. The van der Waals surface area contributed by atoms with Crippen LogP contribution in [0.2, 0.25) is 0 Å². The van der Waals surface area contributed by atoms with Crippen molar-refractivity contribution in [2.45, 2.75) is 25.9 Å². The summed E-state index contributed by atoms with van der Waals surface area (Å²) in [5, 5.41) is 5.55. The lowest BCUT2D eigenvalue weighted by Crippen LogP contribution is -2.45. The van der Waals surface area contributed by atoms with Crippen molar-refractivity contribution in [2.24, 2.45) is 0 Å². The van der Waals surface area contributed by atoms with Crippen LogP contribution in [0.1, 0.15) is 30.6 Å². The third-order valence-corrected chi connectivity index (χ3v) is 3.21. The number of carbonyl (C=O) groups is 2. The van der Waals surface area contributed by atoms with Gasteiger partial charge in [0.25, 0.3) is 11.8 Å². The van der Waals surface area contributed by atoms with Crippen molar-refractivity contribution in [1.29, 1.82) is 0 Å². The first kappa shape index (κ1) is 15.3. The highest BCUT2D eigenvalue weighted by atomic mass is 16.5. The lowest BCUT2D eigenvalue weighted by atomic mass is 10.0. The summed E-state index contributed by atoms with van der Waals surface area (Å²) in [6, 6.07) is 4.99. The molecule has 2 N–H and O–H groups in total. The van der Waals surface area contributed by atoms with E-state index in [1.165, 1.54) is 0 Å². The number of hydrogen-bond donors (Lipinski definition) is 2. The smallest absolute Gasteiger partial charge is 0.268 e. The average Bonchev–Trinajstić information content (AvgIpc) is 2.44. The van der Waals surface area contributed by atoms with Gasteiger partial charge in [0, 0.05) is 25.8 Å². The van der Waals surface area contributed by atoms with Gasteiger partial charge in [-0.1, -0.05) is 0 Å². The van der Waals surface area contributed by atoms with Gasteiger partial charge in [-0.05, 0) is 38.5 Å². The Labute approximate surface area is 123 Å². The van der Waals surface area contributed by atoms with E-state index in [-0.39, 0.29) is 11.8 Å². The summed E-state index contributed by atoms with van der Waals surface area (Å²) in [5.41, 5.74) is 0.0929. The van der Waals surface area contributed by atoms with Gasteiger partial charge in [0.15, 0.2) is 5.60 Å². The fraction of sp³-hybridized carbons (Fsp3) is 0.467. The van der Waals surface area contributed by atoms with Crippen LogP contribution in [0.3, 0.4) is 0 Å². The summed E-state index contributed by atoms with van der Waals surface area (Å²) < 4.78 is 10.5. The first-order chi connectivity index (χ1) is 9.94. The van der Waals surface area contributed by atoms with Crippen molar-refractivity contribution in [3.8, 4) is 5.75 Å². The highest BCUT2D eigenvalue weighted by molar-refractivity contribution is 6.02. The number of hydrogen-bond acceptors (Lipinski definition) is 4. The highest BCUT2D eigenvalue weighted by Gasteiger charge is 2.35. The fourth-order valence-corrected chi connectivity index (χ4v) is 1.97. The monoisotopic (exact) mass is 292 g/mol. The summed E-state index contributed by atoms with van der Waals surface area (Å²) in [4.78, 5) is 23.9. The molecule has 0 bridgehead atoms. The summed E-state index contributed by atoms with van der Waals surface area (Å²) >= 11 is 0. The van der Waals surface area contributed by atoms with E-state index in [0.29, 0.717) is 30.2 Å². The van der Waals surface area contributed by atoms with Crippen molar-refractivity contribution >= 4 is 17.5 Å². The summed E-state index contributed by atoms with van der Waals surface area (Å²) in [7, 11) is 1.62. The second-order valence-electron chi connectivity index (χ2n) is 5.38. The second-order valence-corrected chi connectivity index (χ2v) is 5.38. The third-order valence-electron chi connectivity index (χ3n) is 3.21. The van der Waals surface area contributed by atoms with Gasteiger partial charge in [-0.3, -0.25) is 9.59 Å². The molecule has 0 unspecified atom stereocenters. The molecule has 0 saturated heterocycles. The highest BCUT2D eigenvalue weighted by Crippen LogP contribution is 2.34. The minimum atomic E-state index is -0.906. The standard InChI is InChI=1S/C15H20N2O4/c1-15(2)14(19)17-11-9-10(5-6-12(11)21-15)13(18)16-7-4-8-20-3/h5-6,9H,4,7-8H2,1-3H3,(H,16,18)(H,17,19). The molecule has 0 fully saturated rings. The maximum absolute atomic E-state index is 12.0. The molecule has 21 heavy (non-hydrogen) atoms. The largest absolute Gasteiger partial charge is 0.476 e. The van der Waals surface area contributed by atoms with Gasteiger partial charge < -0.3 is 20.1 Å². The summed E-state index contributed by atoms with van der Waals surface area (Å²) in [6.07, 6.45) is 0.751. The average molecular weight is 292 g/mol. The first-order valence-electron chi connectivity index (χ1n) is 6.86. The molecule has 114 valence electrons. The van der Waals surface area contributed by atoms with Gasteiger partial charge in [0.2, 0.25) is 0 Å². The zero-order valence-electron chi connectivity index (χ0n) is 12.5. The Morgan fingerprint density at radius 1 is 1.43 bits per heavy atom. The second kappa shape index (κ2) is 6.13. The minimum Gasteiger partial charge on any atom is -0.476 e. The molecular weight excluding hydrogens is 272 g/mol. The Morgan fingerprint density at radius 2 is 2.19 bits per heavy atom. The number of nitrogens with one attached hydrogen (secondary N) is 2. The molecule has 1 aromatic rings. The molecular formula is C15H20N2O4. The molecule has 1 heterocycles. The van der Waals surface area contributed by atoms with E-state index in [4.69, 9.17) is 9.47 Å². The Kier molecular flexibility index (Phi) is 4.47. The van der Waals surface area contributed by atoms with Crippen LogP contribution in [-0.2, 0) is 9.53 Å². The third kappa shape index (κ3) is 3.52. The Hall–Kier alpha value is -2.08. The number of fused-ring (bicyclic) bond motifs is 1. The molecule has 1 aliphatic heterocycles. The fourth-order valence-electron chi connectivity index (χ4n) is 1.97. The lowest BCUT2D eigenvalue weighted by molar-refractivity contribution is -0.129. The van der Waals surface area contributed by atoms with Crippen LogP contribution < -0.4 is 15.4 Å². The number of methoxy groups -OCH3 is 1. The Morgan fingerprint density at radius 3 is 2.90 bits per heavy atom. The van der Waals surface area contributed by atoms with Crippen molar-refractivity contribution in [2.75, 3.05) is 25.6 Å². The maximum Gasteiger partial charge on any atom is 0.268 e. The predicted octanol–water partition coefficient (Wildman–Crippen LogP) is 1.56. The van der Waals surface area contributed by atoms with E-state index in [2.05, 4.69) is 10.6 Å². The van der Waals surface area contributed by atoms with E-state index in [9.17, 15) is 9.59 Å². The van der Waals surface area contributed by atoms with Gasteiger partial charge >= 0.3 is 0 Å². The van der Waals surface area contributed by atoms with E-state index < -0.39 is 5.60 Å². The molecule has 6 nitrogen and oxygen atoms in total. The molecule has 1 aromatic carbocycles. The van der Waals surface area contributed by atoms with Crippen molar-refractivity contribution in [3.05, 3.63) is 23.8 Å². The number of benzene rings is 1. The number of carbonyl (C=O) groups excluding carboxylic acids is 2. The van der Waals surface area contributed by atoms with Gasteiger partial charge in [-0.2, -0.15) is 0 Å². The molecule has 0 atom stereocenters. The first-order valence-corrected chi connectivity index (χ1v) is 6.86. The molecule has 1 aliphatic rings. The van der Waals surface area contributed by atoms with Gasteiger partial charge in [-0.15, -0.1) is 0 Å². The van der Waals surface area contributed by atoms with Crippen LogP contribution in [0, 0.1) is 0 Å². The van der Waals surface area contributed by atoms with Gasteiger partial charge in [-0.25, -0.2) is 0 Å². The number of amides is 2. The van der Waals surface area contributed by atoms with E-state index in [1.54, 1.807) is 39.2 Å². The molecule has 0 radical (unpaired) electrons. The van der Waals surface area contributed by atoms with E-state index in [1.807, 2.05) is 0 Å². The summed E-state index contributed by atoms with van der Waals surface area (Å²) in [6.45, 7) is 4.53. The molecule has 2 rings (SSSR count). The van der Waals surface area contributed by atoms with E-state index in [0.717, 1.165) is 6.42 Å². The number of ether oxygens (including phenoxy) is 2. The Bertz CT molecular complexity index is 555. The maximum atomic E-state index is 12.0. The van der Waals surface area contributed by atoms with Gasteiger partial charge in [0.1, 0.15) is 5.75 Å². The Balaban J connectivity index is 2.06. The van der Waals surface area contributed by atoms with Crippen LogP contribution in [0.4, 0.5) is 5.69 Å². The molecule has 6 heteroatoms. The normalized spacial score (nSPS) is 15.7. The van der Waals surface area contributed by atoms with Crippen molar-refractivity contribution in [1.82, 2.24) is 5.32 Å². The van der Waals surface area contributed by atoms with Crippen LogP contribution >= 0.6 is 0 Å². The van der Waals surface area contributed by atoms with Crippen LogP contribution in [0.25, 0.3) is 0 Å². The molecule has 0 aliphatic carbocycles. The van der Waals surface area contributed by atoms with Crippen LogP contribution in [-0.4, -0.2) is 37.7 Å². The number of anilines is 1. The lowest BCUT2D eigenvalue weighted by Gasteiger charge is -2.31. The van der Waals surface area contributed by atoms with Gasteiger partial charge in [0.05, 0.1) is 5.69 Å². The molecule has 2 amide bonds. The van der Waals surface area contributed by atoms with Crippen LogP contribution in [0.5, 0.6) is 5.75 Å². The quantitative estimate of drug-likeness (QED) is 0.808. The van der Waals surface area contributed by atoms with Crippen molar-refractivity contribution < 1.29 is 19.1 Å². The SMILES string of the molecule is COCCCNC(=O)c1ccc2c(c1)NC(=O)C(C)(C)O2.